The zero-order chi connectivity index (χ0) is 13.1. The van der Waals surface area contributed by atoms with Crippen LogP contribution in [0.1, 0.15) is 18.4 Å². The van der Waals surface area contributed by atoms with Crippen molar-refractivity contribution in [2.75, 3.05) is 18.4 Å². The summed E-state index contributed by atoms with van der Waals surface area (Å²) in [5.74, 6) is -0.241. The number of rotatable bonds is 3. The molecule has 0 atom stereocenters. The van der Waals surface area contributed by atoms with Gasteiger partial charge in [0.05, 0.1) is 4.47 Å². The molecule has 1 aromatic carbocycles. The Kier molecular flexibility index (Phi) is 5.15. The van der Waals surface area contributed by atoms with Crippen molar-refractivity contribution >= 4 is 31.9 Å². The lowest BCUT2D eigenvalue weighted by Crippen LogP contribution is -2.34. The molecule has 1 aliphatic rings. The summed E-state index contributed by atoms with van der Waals surface area (Å²) < 4.78 is 27.8. The second-order valence-corrected chi connectivity index (χ2v) is 6.20. The Morgan fingerprint density at radius 1 is 1.22 bits per heavy atom. The highest BCUT2D eigenvalue weighted by molar-refractivity contribution is 9.10. The summed E-state index contributed by atoms with van der Waals surface area (Å²) >= 11 is 6.59. The average Bonchev–Trinajstić information content (AvgIpc) is 2.40. The van der Waals surface area contributed by atoms with Gasteiger partial charge in [0.15, 0.2) is 0 Å². The number of piperidine rings is 1. The summed E-state index contributed by atoms with van der Waals surface area (Å²) in [6.07, 6.45) is 2.17. The smallest absolute Gasteiger partial charge is 0.144 e. The van der Waals surface area contributed by atoms with Gasteiger partial charge >= 0.3 is 0 Å². The number of likely N-dealkylation sites (tertiary alicyclic amines) is 1. The molecule has 0 amide bonds. The number of halogens is 4. The quantitative estimate of drug-likeness (QED) is 0.555. The van der Waals surface area contributed by atoms with Gasteiger partial charge in [-0.3, -0.25) is 4.90 Å². The number of hydrogen-bond acceptors (Lipinski definition) is 1. The molecule has 0 spiro atoms. The Labute approximate surface area is 123 Å². The van der Waals surface area contributed by atoms with Crippen molar-refractivity contribution in [1.82, 2.24) is 4.90 Å². The van der Waals surface area contributed by atoms with Crippen molar-refractivity contribution in [2.45, 2.75) is 19.4 Å². The van der Waals surface area contributed by atoms with Crippen LogP contribution in [0.2, 0.25) is 0 Å². The van der Waals surface area contributed by atoms with E-state index in [0.29, 0.717) is 16.9 Å². The normalized spacial score (nSPS) is 18.2. The molecule has 18 heavy (non-hydrogen) atoms. The van der Waals surface area contributed by atoms with Gasteiger partial charge in [-0.2, -0.15) is 0 Å². The second kappa shape index (κ2) is 6.44. The Morgan fingerprint density at radius 2 is 1.89 bits per heavy atom. The lowest BCUT2D eigenvalue weighted by atomic mass is 9.98. The van der Waals surface area contributed by atoms with Crippen molar-refractivity contribution in [2.24, 2.45) is 5.92 Å². The lowest BCUT2D eigenvalue weighted by Gasteiger charge is -2.31. The van der Waals surface area contributed by atoms with Crippen molar-refractivity contribution in [3.63, 3.8) is 0 Å². The molecule has 1 nitrogen and oxygen atoms in total. The highest BCUT2D eigenvalue weighted by Crippen LogP contribution is 2.25. The molecule has 5 heteroatoms. The lowest BCUT2D eigenvalue weighted by molar-refractivity contribution is 0.183. The van der Waals surface area contributed by atoms with Crippen molar-refractivity contribution < 1.29 is 8.78 Å². The molecule has 0 bridgehead atoms. The standard InChI is InChI=1S/C13H15Br2F2N/c14-7-9-3-5-18(6-4-9)8-10-12(16)2-1-11(15)13(10)17/h1-2,9H,3-8H2. The zero-order valence-electron chi connectivity index (χ0n) is 9.93. The molecule has 0 saturated carbocycles. The summed E-state index contributed by atoms with van der Waals surface area (Å²) in [5, 5.41) is 1.01. The SMILES string of the molecule is Fc1ccc(Br)c(F)c1CN1CCC(CBr)CC1. The summed E-state index contributed by atoms with van der Waals surface area (Å²) in [7, 11) is 0. The molecule has 0 unspecified atom stereocenters. The predicted octanol–water partition coefficient (Wildman–Crippen LogP) is 4.33. The van der Waals surface area contributed by atoms with Crippen LogP contribution < -0.4 is 0 Å². The van der Waals surface area contributed by atoms with Crippen LogP contribution in [0.15, 0.2) is 16.6 Å². The van der Waals surface area contributed by atoms with E-state index in [1.807, 2.05) is 0 Å². The van der Waals surface area contributed by atoms with E-state index in [2.05, 4.69) is 36.8 Å². The highest BCUT2D eigenvalue weighted by atomic mass is 79.9. The van der Waals surface area contributed by atoms with Crippen LogP contribution in [-0.2, 0) is 6.54 Å². The van der Waals surface area contributed by atoms with Gasteiger partial charge < -0.3 is 0 Å². The van der Waals surface area contributed by atoms with Crippen LogP contribution in [-0.4, -0.2) is 23.3 Å². The van der Waals surface area contributed by atoms with Gasteiger partial charge in [-0.05, 0) is 59.9 Å². The molecule has 0 N–H and O–H groups in total. The van der Waals surface area contributed by atoms with Crippen LogP contribution in [0.25, 0.3) is 0 Å². The van der Waals surface area contributed by atoms with E-state index in [-0.39, 0.29) is 5.56 Å². The molecule has 100 valence electrons. The topological polar surface area (TPSA) is 3.24 Å². The predicted molar refractivity (Wildman–Crippen MR) is 75.9 cm³/mol. The summed E-state index contributed by atoms with van der Waals surface area (Å²) in [5.41, 5.74) is 0.168. The average molecular weight is 383 g/mol. The fourth-order valence-corrected chi connectivity index (χ4v) is 3.26. The maximum absolute atomic E-state index is 13.8. The van der Waals surface area contributed by atoms with E-state index < -0.39 is 11.6 Å². The van der Waals surface area contributed by atoms with E-state index in [1.165, 1.54) is 12.1 Å². The molecule has 0 aliphatic carbocycles. The Balaban J connectivity index is 2.04. The molecule has 1 saturated heterocycles. The second-order valence-electron chi connectivity index (χ2n) is 4.70. The summed E-state index contributed by atoms with van der Waals surface area (Å²) in [6, 6.07) is 2.72. The van der Waals surface area contributed by atoms with E-state index in [1.54, 1.807) is 0 Å². The van der Waals surface area contributed by atoms with Crippen LogP contribution >= 0.6 is 31.9 Å². The van der Waals surface area contributed by atoms with Gasteiger partial charge in [-0.25, -0.2) is 8.78 Å². The first kappa shape index (κ1) is 14.4. The number of hydrogen-bond donors (Lipinski definition) is 0. The fraction of sp³-hybridized carbons (Fsp3) is 0.538. The summed E-state index contributed by atoms with van der Waals surface area (Å²) in [6.45, 7) is 2.16. The third kappa shape index (κ3) is 3.31. The molecule has 1 fully saturated rings. The van der Waals surface area contributed by atoms with Crippen molar-refractivity contribution in [3.05, 3.63) is 33.8 Å². The first-order valence-corrected chi connectivity index (χ1v) is 7.94. The van der Waals surface area contributed by atoms with Crippen molar-refractivity contribution in [1.29, 1.82) is 0 Å². The van der Waals surface area contributed by atoms with Gasteiger partial charge in [0.25, 0.3) is 0 Å². The largest absolute Gasteiger partial charge is 0.299 e. The van der Waals surface area contributed by atoms with Crippen LogP contribution in [0.4, 0.5) is 8.78 Å². The molecule has 0 aromatic heterocycles. The van der Waals surface area contributed by atoms with Gasteiger partial charge in [-0.1, -0.05) is 15.9 Å². The molecular weight excluding hydrogens is 368 g/mol. The minimum atomic E-state index is -0.474. The van der Waals surface area contributed by atoms with Crippen LogP contribution in [0.5, 0.6) is 0 Å². The maximum Gasteiger partial charge on any atom is 0.144 e. The minimum absolute atomic E-state index is 0.168. The van der Waals surface area contributed by atoms with E-state index in [9.17, 15) is 8.78 Å². The van der Waals surface area contributed by atoms with Crippen LogP contribution in [0, 0.1) is 17.6 Å². The number of benzene rings is 1. The van der Waals surface area contributed by atoms with E-state index >= 15 is 0 Å². The molecule has 1 aliphatic heterocycles. The van der Waals surface area contributed by atoms with Gasteiger partial charge in [0.2, 0.25) is 0 Å². The van der Waals surface area contributed by atoms with E-state index in [4.69, 9.17) is 0 Å². The number of nitrogens with zero attached hydrogens (tertiary/aromatic N) is 1. The van der Waals surface area contributed by atoms with Crippen molar-refractivity contribution in [3.8, 4) is 0 Å². The Bertz CT molecular complexity index is 418. The molecule has 2 rings (SSSR count). The van der Waals surface area contributed by atoms with Gasteiger partial charge in [0, 0.05) is 17.4 Å². The Hall–Kier alpha value is -0.000000000000000111. The van der Waals surface area contributed by atoms with Crippen LogP contribution in [0.3, 0.4) is 0 Å². The Morgan fingerprint density at radius 3 is 2.50 bits per heavy atom. The fourth-order valence-electron chi connectivity index (χ4n) is 2.24. The third-order valence-electron chi connectivity index (χ3n) is 3.45. The third-order valence-corrected chi connectivity index (χ3v) is 4.97. The molecule has 0 radical (unpaired) electrons. The monoisotopic (exact) mass is 381 g/mol. The van der Waals surface area contributed by atoms with Gasteiger partial charge in [-0.15, -0.1) is 0 Å². The maximum atomic E-state index is 13.8. The first-order valence-electron chi connectivity index (χ1n) is 6.02. The highest BCUT2D eigenvalue weighted by Gasteiger charge is 2.21. The molecular formula is C13H15Br2F2N. The molecule has 1 heterocycles. The number of alkyl halides is 1. The summed E-state index contributed by atoms with van der Waals surface area (Å²) in [4.78, 5) is 2.12. The van der Waals surface area contributed by atoms with E-state index in [0.717, 1.165) is 31.3 Å². The van der Waals surface area contributed by atoms with Gasteiger partial charge in [0.1, 0.15) is 11.6 Å². The zero-order valence-corrected chi connectivity index (χ0v) is 13.1. The molecule has 1 aromatic rings. The minimum Gasteiger partial charge on any atom is -0.299 e. The first-order chi connectivity index (χ1) is 8.61.